The second kappa shape index (κ2) is 8.08. The number of nitrogens with zero attached hydrogens (tertiary/aromatic N) is 1. The van der Waals surface area contributed by atoms with Gasteiger partial charge in [-0.05, 0) is 41.1 Å². The Morgan fingerprint density at radius 1 is 1.00 bits per heavy atom. The van der Waals surface area contributed by atoms with Crippen molar-refractivity contribution in [2.24, 2.45) is 0 Å². The van der Waals surface area contributed by atoms with Crippen LogP contribution < -0.4 is 0 Å². The van der Waals surface area contributed by atoms with Gasteiger partial charge in [0.2, 0.25) is 0 Å². The summed E-state index contributed by atoms with van der Waals surface area (Å²) in [6.07, 6.45) is -4.41. The average molecular weight is 487 g/mol. The molecular formula is C19H11Cl4F4NO. The zero-order valence-corrected chi connectivity index (χ0v) is 17.4. The summed E-state index contributed by atoms with van der Waals surface area (Å²) >= 11 is 23.1. The number of ketones is 1. The van der Waals surface area contributed by atoms with E-state index in [0.29, 0.717) is 11.6 Å². The van der Waals surface area contributed by atoms with Gasteiger partial charge in [0.25, 0.3) is 0 Å². The monoisotopic (exact) mass is 485 g/mol. The third-order valence-electron chi connectivity index (χ3n) is 4.41. The molecule has 0 aliphatic carbocycles. The molecule has 1 heterocycles. The summed E-state index contributed by atoms with van der Waals surface area (Å²) in [5.74, 6) is -0.911. The van der Waals surface area contributed by atoms with Gasteiger partial charge >= 0.3 is 6.18 Å². The molecular weight excluding hydrogens is 476 g/mol. The van der Waals surface area contributed by atoms with Gasteiger partial charge in [0.05, 0.1) is 33.7 Å². The van der Waals surface area contributed by atoms with E-state index in [1.807, 2.05) is 0 Å². The zero-order valence-electron chi connectivity index (χ0n) is 14.3. The van der Waals surface area contributed by atoms with Gasteiger partial charge in [0, 0.05) is 5.56 Å². The Bertz CT molecular complexity index is 960. The first kappa shape index (κ1) is 22.4. The van der Waals surface area contributed by atoms with Gasteiger partial charge in [0.1, 0.15) is 0 Å². The Morgan fingerprint density at radius 3 is 1.97 bits per heavy atom. The lowest BCUT2D eigenvalue weighted by molar-refractivity contribution is -0.0689. The molecule has 1 fully saturated rings. The van der Waals surface area contributed by atoms with Crippen LogP contribution in [0.15, 0.2) is 42.5 Å². The summed E-state index contributed by atoms with van der Waals surface area (Å²) in [5.41, 5.74) is -3.02. The third kappa shape index (κ3) is 4.72. The van der Waals surface area contributed by atoms with Gasteiger partial charge in [-0.2, -0.15) is 13.2 Å². The number of rotatable bonds is 4. The smallest absolute Gasteiger partial charge is 0.289 e. The van der Waals surface area contributed by atoms with Gasteiger partial charge in [0.15, 0.2) is 11.5 Å². The molecule has 0 aromatic heterocycles. The second-order valence-corrected chi connectivity index (χ2v) is 8.17. The minimum Gasteiger partial charge on any atom is -0.289 e. The minimum absolute atomic E-state index is 0.0158. The highest BCUT2D eigenvalue weighted by atomic mass is 35.5. The first-order valence-corrected chi connectivity index (χ1v) is 9.56. The number of hydrogen-bond donors (Lipinski definition) is 0. The molecule has 2 aromatic carbocycles. The summed E-state index contributed by atoms with van der Waals surface area (Å²) in [7, 11) is 0. The van der Waals surface area contributed by atoms with Crippen molar-refractivity contribution in [1.29, 1.82) is 0 Å². The third-order valence-corrected chi connectivity index (χ3v) is 5.84. The molecule has 0 amide bonds. The van der Waals surface area contributed by atoms with Crippen molar-refractivity contribution in [2.45, 2.75) is 11.8 Å². The fraction of sp³-hybridized carbons (Fsp3) is 0.211. The summed E-state index contributed by atoms with van der Waals surface area (Å²) in [6.45, 7) is -0.0316. The largest absolute Gasteiger partial charge is 0.417 e. The number of halogens is 8. The van der Waals surface area contributed by atoms with Crippen LogP contribution in [0, 0.1) is 0 Å². The van der Waals surface area contributed by atoms with Crippen LogP contribution in [-0.4, -0.2) is 29.5 Å². The van der Waals surface area contributed by atoms with E-state index >= 15 is 0 Å². The molecule has 3 rings (SSSR count). The topological polar surface area (TPSA) is 20.3 Å². The highest BCUT2D eigenvalue weighted by molar-refractivity contribution is 6.48. The zero-order chi connectivity index (χ0) is 21.6. The maximum absolute atomic E-state index is 14.5. The first-order chi connectivity index (χ1) is 13.4. The van der Waals surface area contributed by atoms with Gasteiger partial charge in [-0.15, -0.1) is 0 Å². The van der Waals surface area contributed by atoms with Crippen molar-refractivity contribution < 1.29 is 22.4 Å². The summed E-state index contributed by atoms with van der Waals surface area (Å²) in [5, 5.41) is -0.446. The van der Waals surface area contributed by atoms with Crippen molar-refractivity contribution in [3.63, 3.8) is 0 Å². The van der Waals surface area contributed by atoms with Crippen LogP contribution in [0.1, 0.15) is 21.5 Å². The quantitative estimate of drug-likeness (QED) is 0.151. The lowest BCUT2D eigenvalue weighted by Gasteiger charge is -2.40. The molecule has 0 N–H and O–H groups in total. The van der Waals surface area contributed by atoms with Crippen LogP contribution in [0.4, 0.5) is 17.6 Å². The molecule has 0 unspecified atom stereocenters. The van der Waals surface area contributed by atoms with E-state index in [1.165, 1.54) is 28.7 Å². The molecule has 0 saturated carbocycles. The molecule has 0 atom stereocenters. The molecule has 1 aliphatic heterocycles. The highest BCUT2D eigenvalue weighted by Gasteiger charge is 2.44. The van der Waals surface area contributed by atoms with Crippen molar-refractivity contribution >= 4 is 57.9 Å². The van der Waals surface area contributed by atoms with E-state index in [1.54, 1.807) is 0 Å². The number of benzene rings is 2. The number of allylic oxidation sites excluding steroid dienone is 2. The molecule has 154 valence electrons. The van der Waals surface area contributed by atoms with Gasteiger partial charge in [-0.3, -0.25) is 4.79 Å². The fourth-order valence-electron chi connectivity index (χ4n) is 2.87. The van der Waals surface area contributed by atoms with Gasteiger partial charge in [-0.1, -0.05) is 59.1 Å². The predicted molar refractivity (Wildman–Crippen MR) is 106 cm³/mol. The lowest BCUT2D eigenvalue weighted by Crippen LogP contribution is -2.51. The van der Waals surface area contributed by atoms with Gasteiger partial charge in [-0.25, -0.2) is 8.81 Å². The van der Waals surface area contributed by atoms with Crippen LogP contribution in [0.3, 0.4) is 0 Å². The van der Waals surface area contributed by atoms with E-state index < -0.39 is 28.8 Å². The molecule has 1 saturated heterocycles. The minimum atomic E-state index is -4.85. The molecule has 0 bridgehead atoms. The molecule has 10 heteroatoms. The molecule has 0 radical (unpaired) electrons. The number of carbonyl (C=O) groups excluding carboxylic acids is 1. The van der Waals surface area contributed by atoms with Crippen LogP contribution in [0.25, 0.3) is 5.57 Å². The van der Waals surface area contributed by atoms with E-state index in [4.69, 9.17) is 46.6 Å². The highest BCUT2D eigenvalue weighted by Crippen LogP contribution is 2.40. The first-order valence-electron chi connectivity index (χ1n) is 8.09. The van der Waals surface area contributed by atoms with E-state index in [2.05, 4.69) is 0 Å². The Labute approximate surface area is 183 Å². The standard InChI is InChI=1S/C19H11Cl4F4NO/c20-14-5-11(6-15(21)17(14)22)13(19(25,26)27)7-16(29)10-1-3-12(4-2-10)18(24)8-28(23)9-18/h1-7H,8-9H2/b13-7+. The van der Waals surface area contributed by atoms with E-state index in [9.17, 15) is 22.4 Å². The fourth-order valence-corrected chi connectivity index (χ4v) is 3.84. The van der Waals surface area contributed by atoms with E-state index in [-0.39, 0.29) is 33.7 Å². The summed E-state index contributed by atoms with van der Waals surface area (Å²) in [6, 6.07) is 7.20. The van der Waals surface area contributed by atoms with Crippen molar-refractivity contribution in [3.8, 4) is 0 Å². The molecule has 29 heavy (non-hydrogen) atoms. The Balaban J connectivity index is 1.93. The van der Waals surface area contributed by atoms with Crippen LogP contribution in [-0.2, 0) is 5.67 Å². The van der Waals surface area contributed by atoms with Gasteiger partial charge < -0.3 is 0 Å². The van der Waals surface area contributed by atoms with E-state index in [0.717, 1.165) is 12.1 Å². The summed E-state index contributed by atoms with van der Waals surface area (Å²) < 4.78 is 56.4. The second-order valence-electron chi connectivity index (χ2n) is 6.50. The molecule has 1 aliphatic rings. The Morgan fingerprint density at radius 2 is 1.52 bits per heavy atom. The molecule has 2 aromatic rings. The number of hydrogen-bond acceptors (Lipinski definition) is 2. The predicted octanol–water partition coefficient (Wildman–Crippen LogP) is 7.11. The van der Waals surface area contributed by atoms with Crippen molar-refractivity contribution in [1.82, 2.24) is 4.42 Å². The van der Waals surface area contributed by atoms with Crippen LogP contribution in [0.5, 0.6) is 0 Å². The maximum Gasteiger partial charge on any atom is 0.417 e. The Hall–Kier alpha value is -1.31. The summed E-state index contributed by atoms with van der Waals surface area (Å²) in [4.78, 5) is 12.4. The molecule has 0 spiro atoms. The number of alkyl halides is 4. The van der Waals surface area contributed by atoms with Crippen molar-refractivity contribution in [3.05, 3.63) is 74.2 Å². The average Bonchev–Trinajstić information content (AvgIpc) is 2.61. The van der Waals surface area contributed by atoms with Crippen LogP contribution >= 0.6 is 46.6 Å². The number of carbonyl (C=O) groups is 1. The maximum atomic E-state index is 14.5. The Kier molecular flexibility index (Phi) is 6.23. The SMILES string of the molecule is O=C(/C=C(\c1cc(Cl)c(Cl)c(Cl)c1)C(F)(F)F)c1ccc(C2(F)CN(Cl)C2)cc1. The molecule has 2 nitrogen and oxygen atoms in total. The van der Waals surface area contributed by atoms with Crippen molar-refractivity contribution in [2.75, 3.05) is 13.1 Å². The normalized spacial score (nSPS) is 17.2. The van der Waals surface area contributed by atoms with Crippen LogP contribution in [0.2, 0.25) is 15.1 Å². The lowest BCUT2D eigenvalue weighted by atomic mass is 9.89.